The second kappa shape index (κ2) is 5.33. The maximum Gasteiger partial charge on any atom is 0.100 e. The molecule has 2 aromatic carbocycles. The van der Waals surface area contributed by atoms with Gasteiger partial charge in [0.2, 0.25) is 0 Å². The molecule has 2 aromatic heterocycles. The van der Waals surface area contributed by atoms with Crippen LogP contribution in [0, 0.1) is 0 Å². The number of nitrogens with zero attached hydrogens (tertiary/aromatic N) is 3. The highest BCUT2D eigenvalue weighted by atomic mass is 15.0. The maximum absolute atomic E-state index is 4.42. The van der Waals surface area contributed by atoms with Gasteiger partial charge in [0.15, 0.2) is 0 Å². The zero-order valence-electron chi connectivity index (χ0n) is 11.8. The van der Waals surface area contributed by atoms with Crippen molar-refractivity contribution >= 4 is 22.4 Å². The molecule has 0 saturated heterocycles. The van der Waals surface area contributed by atoms with Crippen LogP contribution in [0.3, 0.4) is 0 Å². The summed E-state index contributed by atoms with van der Waals surface area (Å²) >= 11 is 0. The second-order valence-electron chi connectivity index (χ2n) is 5.02. The van der Waals surface area contributed by atoms with Crippen molar-refractivity contribution in [2.75, 3.05) is 5.32 Å². The van der Waals surface area contributed by atoms with Gasteiger partial charge in [-0.15, -0.1) is 0 Å². The molecule has 0 unspecified atom stereocenters. The zero-order valence-corrected chi connectivity index (χ0v) is 11.8. The lowest BCUT2D eigenvalue weighted by atomic mass is 10.2. The van der Waals surface area contributed by atoms with E-state index in [4.69, 9.17) is 0 Å². The van der Waals surface area contributed by atoms with E-state index in [0.717, 1.165) is 28.1 Å². The Labute approximate surface area is 128 Å². The van der Waals surface area contributed by atoms with Gasteiger partial charge in [-0.1, -0.05) is 12.1 Å². The molecular formula is C18H14N4. The summed E-state index contributed by atoms with van der Waals surface area (Å²) in [6.07, 6.45) is 5.42. The third-order valence-corrected chi connectivity index (χ3v) is 3.55. The predicted molar refractivity (Wildman–Crippen MR) is 88.6 cm³/mol. The van der Waals surface area contributed by atoms with Gasteiger partial charge in [0.1, 0.15) is 6.33 Å². The average Bonchev–Trinajstić information content (AvgIpc) is 3.01. The lowest BCUT2D eigenvalue weighted by Gasteiger charge is -2.08. The van der Waals surface area contributed by atoms with Crippen LogP contribution < -0.4 is 5.32 Å². The number of hydrogen-bond donors (Lipinski definition) is 1. The SMILES string of the molecule is c1cncc(Nc2ccc(-n3cnc4ccccc43)cc2)c1. The Morgan fingerprint density at radius 1 is 0.818 bits per heavy atom. The third-order valence-electron chi connectivity index (χ3n) is 3.55. The fraction of sp³-hybridized carbons (Fsp3) is 0. The lowest BCUT2D eigenvalue weighted by Crippen LogP contribution is -1.94. The van der Waals surface area contributed by atoms with E-state index in [1.807, 2.05) is 36.7 Å². The van der Waals surface area contributed by atoms with Crippen molar-refractivity contribution in [1.82, 2.24) is 14.5 Å². The number of hydrogen-bond acceptors (Lipinski definition) is 3. The molecule has 2 heterocycles. The Balaban J connectivity index is 1.64. The van der Waals surface area contributed by atoms with Crippen LogP contribution in [-0.4, -0.2) is 14.5 Å². The molecule has 0 fully saturated rings. The van der Waals surface area contributed by atoms with Crippen molar-refractivity contribution < 1.29 is 0 Å². The summed E-state index contributed by atoms with van der Waals surface area (Å²) < 4.78 is 2.09. The molecule has 0 aliphatic carbocycles. The molecule has 4 aromatic rings. The maximum atomic E-state index is 4.42. The van der Waals surface area contributed by atoms with Gasteiger partial charge in [0, 0.05) is 17.6 Å². The topological polar surface area (TPSA) is 42.7 Å². The van der Waals surface area contributed by atoms with Crippen molar-refractivity contribution in [2.45, 2.75) is 0 Å². The molecular weight excluding hydrogens is 272 g/mol. The van der Waals surface area contributed by atoms with E-state index in [2.05, 4.69) is 50.2 Å². The molecule has 4 heteroatoms. The number of anilines is 2. The first kappa shape index (κ1) is 12.6. The molecule has 4 nitrogen and oxygen atoms in total. The normalized spacial score (nSPS) is 10.7. The van der Waals surface area contributed by atoms with Gasteiger partial charge >= 0.3 is 0 Å². The highest BCUT2D eigenvalue weighted by Crippen LogP contribution is 2.21. The summed E-state index contributed by atoms with van der Waals surface area (Å²) in [7, 11) is 0. The molecule has 0 aliphatic rings. The lowest BCUT2D eigenvalue weighted by molar-refractivity contribution is 1.09. The minimum absolute atomic E-state index is 0.975. The van der Waals surface area contributed by atoms with E-state index in [1.54, 1.807) is 12.4 Å². The third kappa shape index (κ3) is 2.31. The Morgan fingerprint density at radius 3 is 2.50 bits per heavy atom. The summed E-state index contributed by atoms with van der Waals surface area (Å²) in [5.41, 5.74) is 5.20. The summed E-state index contributed by atoms with van der Waals surface area (Å²) in [5, 5.41) is 3.33. The Morgan fingerprint density at radius 2 is 1.68 bits per heavy atom. The van der Waals surface area contributed by atoms with Gasteiger partial charge in [-0.2, -0.15) is 0 Å². The van der Waals surface area contributed by atoms with E-state index in [9.17, 15) is 0 Å². The molecule has 106 valence electrons. The number of imidazole rings is 1. The fourth-order valence-corrected chi connectivity index (χ4v) is 2.47. The second-order valence-corrected chi connectivity index (χ2v) is 5.02. The van der Waals surface area contributed by atoms with Crippen LogP contribution >= 0.6 is 0 Å². The first-order valence-electron chi connectivity index (χ1n) is 7.10. The van der Waals surface area contributed by atoms with Gasteiger partial charge in [0.05, 0.1) is 22.9 Å². The molecule has 0 aliphatic heterocycles. The molecule has 0 atom stereocenters. The monoisotopic (exact) mass is 286 g/mol. The van der Waals surface area contributed by atoms with Crippen LogP contribution in [0.4, 0.5) is 11.4 Å². The number of fused-ring (bicyclic) bond motifs is 1. The van der Waals surface area contributed by atoms with Crippen LogP contribution in [0.2, 0.25) is 0 Å². The highest BCUT2D eigenvalue weighted by Gasteiger charge is 2.03. The fourth-order valence-electron chi connectivity index (χ4n) is 2.47. The number of benzene rings is 2. The molecule has 0 bridgehead atoms. The number of para-hydroxylation sites is 2. The minimum Gasteiger partial charge on any atom is -0.354 e. The van der Waals surface area contributed by atoms with Crippen molar-refractivity contribution in [1.29, 1.82) is 0 Å². The molecule has 0 saturated carbocycles. The molecule has 0 spiro atoms. The van der Waals surface area contributed by atoms with Crippen molar-refractivity contribution in [3.63, 3.8) is 0 Å². The number of pyridine rings is 1. The minimum atomic E-state index is 0.975. The molecule has 22 heavy (non-hydrogen) atoms. The predicted octanol–water partition coefficient (Wildman–Crippen LogP) is 4.16. The zero-order chi connectivity index (χ0) is 14.8. The van der Waals surface area contributed by atoms with E-state index < -0.39 is 0 Å². The van der Waals surface area contributed by atoms with E-state index in [1.165, 1.54) is 0 Å². The van der Waals surface area contributed by atoms with Crippen LogP contribution in [-0.2, 0) is 0 Å². The number of nitrogens with one attached hydrogen (secondary N) is 1. The summed E-state index contributed by atoms with van der Waals surface area (Å²) in [6, 6.07) is 20.3. The van der Waals surface area contributed by atoms with Gasteiger partial charge in [-0.05, 0) is 48.5 Å². The largest absolute Gasteiger partial charge is 0.354 e. The number of aromatic nitrogens is 3. The Kier molecular flexibility index (Phi) is 3.05. The Bertz CT molecular complexity index is 895. The van der Waals surface area contributed by atoms with Gasteiger partial charge in [-0.3, -0.25) is 9.55 Å². The summed E-state index contributed by atoms with van der Waals surface area (Å²) in [5.74, 6) is 0. The summed E-state index contributed by atoms with van der Waals surface area (Å²) in [6.45, 7) is 0. The smallest absolute Gasteiger partial charge is 0.100 e. The van der Waals surface area contributed by atoms with Crippen molar-refractivity contribution in [3.8, 4) is 5.69 Å². The standard InChI is InChI=1S/C18H14N4/c1-2-6-18-17(5-1)20-13-22(18)16-9-7-14(8-10-16)21-15-4-3-11-19-12-15/h1-13,21H. The first-order valence-corrected chi connectivity index (χ1v) is 7.10. The van der Waals surface area contributed by atoms with Crippen LogP contribution in [0.1, 0.15) is 0 Å². The molecule has 4 rings (SSSR count). The van der Waals surface area contributed by atoms with Gasteiger partial charge < -0.3 is 5.32 Å². The average molecular weight is 286 g/mol. The van der Waals surface area contributed by atoms with Crippen LogP contribution in [0.25, 0.3) is 16.7 Å². The number of rotatable bonds is 3. The van der Waals surface area contributed by atoms with E-state index in [0.29, 0.717) is 0 Å². The Hall–Kier alpha value is -3.14. The van der Waals surface area contributed by atoms with E-state index >= 15 is 0 Å². The first-order chi connectivity index (χ1) is 10.9. The van der Waals surface area contributed by atoms with Crippen LogP contribution in [0.15, 0.2) is 79.4 Å². The molecule has 0 radical (unpaired) electrons. The summed E-state index contributed by atoms with van der Waals surface area (Å²) in [4.78, 5) is 8.52. The molecule has 1 N–H and O–H groups in total. The molecule has 0 amide bonds. The van der Waals surface area contributed by atoms with Gasteiger partial charge in [0.25, 0.3) is 0 Å². The quantitative estimate of drug-likeness (QED) is 0.615. The van der Waals surface area contributed by atoms with Gasteiger partial charge in [-0.25, -0.2) is 4.98 Å². The highest BCUT2D eigenvalue weighted by molar-refractivity contribution is 5.77. The van der Waals surface area contributed by atoms with Crippen molar-refractivity contribution in [2.24, 2.45) is 0 Å². The van der Waals surface area contributed by atoms with Crippen LogP contribution in [0.5, 0.6) is 0 Å². The van der Waals surface area contributed by atoms with E-state index in [-0.39, 0.29) is 0 Å². The van der Waals surface area contributed by atoms with Crippen molar-refractivity contribution in [3.05, 3.63) is 79.4 Å².